The molecule has 3 rings (SSSR count). The van der Waals surface area contributed by atoms with Crippen LogP contribution in [0.4, 0.5) is 10.8 Å². The van der Waals surface area contributed by atoms with E-state index in [1.165, 1.54) is 30.6 Å². The molecule has 0 bridgehead atoms. The highest BCUT2D eigenvalue weighted by Crippen LogP contribution is 2.36. The summed E-state index contributed by atoms with van der Waals surface area (Å²) in [6.45, 7) is 0. The molecule has 1 amide bonds. The third-order valence-electron chi connectivity index (χ3n) is 4.00. The van der Waals surface area contributed by atoms with Crippen molar-refractivity contribution in [2.75, 3.05) is 25.3 Å². The van der Waals surface area contributed by atoms with Crippen molar-refractivity contribution in [2.45, 2.75) is 17.7 Å². The number of carbonyl (C=O) groups excluding carboxylic acids is 1. The van der Waals surface area contributed by atoms with Gasteiger partial charge in [-0.15, -0.1) is 11.8 Å². The minimum Gasteiger partial charge on any atom is -0.497 e. The molecule has 0 atom stereocenters. The average Bonchev–Trinajstić information content (AvgIpc) is 3.13. The molecule has 0 saturated heterocycles. The molecule has 0 aliphatic rings. The summed E-state index contributed by atoms with van der Waals surface area (Å²) in [6, 6.07) is 10.5. The second-order valence-electron chi connectivity index (χ2n) is 5.95. The molecule has 8 nitrogen and oxygen atoms in total. The summed E-state index contributed by atoms with van der Waals surface area (Å²) in [6.07, 6.45) is 1.07. The van der Waals surface area contributed by atoms with Gasteiger partial charge in [0.25, 0.3) is 5.69 Å². The van der Waals surface area contributed by atoms with Crippen molar-refractivity contribution in [1.82, 2.24) is 4.98 Å². The Hall–Kier alpha value is -2.85. The molecule has 0 unspecified atom stereocenters. The molecular formula is C19H19N3O5S2. The van der Waals surface area contributed by atoms with Gasteiger partial charge in [-0.3, -0.25) is 14.9 Å². The smallest absolute Gasteiger partial charge is 0.274 e. The number of amides is 1. The lowest BCUT2D eigenvalue weighted by molar-refractivity contribution is -0.384. The summed E-state index contributed by atoms with van der Waals surface area (Å²) in [7, 11) is 3.06. The number of thiazole rings is 1. The first-order valence-corrected chi connectivity index (χ1v) is 10.5. The van der Waals surface area contributed by atoms with Crippen LogP contribution in [0.1, 0.15) is 12.8 Å². The highest BCUT2D eigenvalue weighted by Gasteiger charge is 2.17. The normalized spacial score (nSPS) is 10.7. The van der Waals surface area contributed by atoms with Crippen molar-refractivity contribution in [3.05, 3.63) is 46.5 Å². The zero-order valence-electron chi connectivity index (χ0n) is 15.8. The summed E-state index contributed by atoms with van der Waals surface area (Å²) in [5.74, 6) is 1.78. The van der Waals surface area contributed by atoms with Crippen molar-refractivity contribution >= 4 is 50.0 Å². The van der Waals surface area contributed by atoms with Crippen molar-refractivity contribution < 1.29 is 19.2 Å². The highest BCUT2D eigenvalue weighted by atomic mass is 32.2. The minimum atomic E-state index is -0.486. The SMILES string of the molecule is COc1ccc(SCCCC(=O)Nc2nc3c(OC)cc([N+](=O)[O-])cc3s2)cc1. The summed E-state index contributed by atoms with van der Waals surface area (Å²) in [4.78, 5) is 28.2. The van der Waals surface area contributed by atoms with E-state index in [1.807, 2.05) is 24.3 Å². The monoisotopic (exact) mass is 433 g/mol. The first-order valence-electron chi connectivity index (χ1n) is 8.70. The number of fused-ring (bicyclic) bond motifs is 1. The Labute approximate surface area is 175 Å². The number of benzene rings is 2. The third-order valence-corrected chi connectivity index (χ3v) is 6.01. The van der Waals surface area contributed by atoms with Gasteiger partial charge in [0.2, 0.25) is 5.91 Å². The van der Waals surface area contributed by atoms with E-state index in [2.05, 4.69) is 10.3 Å². The number of anilines is 1. The van der Waals surface area contributed by atoms with Gasteiger partial charge in [0.15, 0.2) is 10.9 Å². The van der Waals surface area contributed by atoms with E-state index in [4.69, 9.17) is 9.47 Å². The van der Waals surface area contributed by atoms with Crippen LogP contribution in [0.5, 0.6) is 11.5 Å². The Bertz CT molecular complexity index is 1020. The van der Waals surface area contributed by atoms with Crippen LogP contribution in [0, 0.1) is 10.1 Å². The second-order valence-corrected chi connectivity index (χ2v) is 8.15. The Morgan fingerprint density at radius 3 is 2.66 bits per heavy atom. The number of thioether (sulfide) groups is 1. The Balaban J connectivity index is 1.54. The van der Waals surface area contributed by atoms with Crippen LogP contribution >= 0.6 is 23.1 Å². The van der Waals surface area contributed by atoms with Crippen molar-refractivity contribution in [1.29, 1.82) is 0 Å². The molecule has 10 heteroatoms. The standard InChI is InChI=1S/C19H19N3O5S2/c1-26-13-5-7-14(8-6-13)28-9-3-4-17(23)20-19-21-18-15(27-2)10-12(22(24)25)11-16(18)29-19/h5-8,10-11H,3-4,9H2,1-2H3,(H,20,21,23). The number of non-ortho nitro benzene ring substituents is 1. The van der Waals surface area contributed by atoms with Crippen LogP contribution in [0.3, 0.4) is 0 Å². The summed E-state index contributed by atoms with van der Waals surface area (Å²) < 4.78 is 10.9. The zero-order valence-corrected chi connectivity index (χ0v) is 17.5. The lowest BCUT2D eigenvalue weighted by Crippen LogP contribution is -2.11. The van der Waals surface area contributed by atoms with Gasteiger partial charge in [-0.25, -0.2) is 4.98 Å². The molecule has 0 spiro atoms. The van der Waals surface area contributed by atoms with Gasteiger partial charge in [0.05, 0.1) is 29.9 Å². The van der Waals surface area contributed by atoms with Gasteiger partial charge < -0.3 is 14.8 Å². The molecule has 0 fully saturated rings. The first-order chi connectivity index (χ1) is 14.0. The molecule has 1 N–H and O–H groups in total. The van der Waals surface area contributed by atoms with E-state index in [0.717, 1.165) is 16.4 Å². The number of nitrogens with one attached hydrogen (secondary N) is 1. The quantitative estimate of drug-likeness (QED) is 0.225. The Morgan fingerprint density at radius 2 is 2.00 bits per heavy atom. The maximum atomic E-state index is 12.2. The number of nitro groups is 1. The van der Waals surface area contributed by atoms with Crippen LogP contribution in [-0.4, -0.2) is 35.8 Å². The lowest BCUT2D eigenvalue weighted by atomic mass is 10.3. The summed E-state index contributed by atoms with van der Waals surface area (Å²) in [5, 5.41) is 14.2. The van der Waals surface area contributed by atoms with E-state index in [-0.39, 0.29) is 11.6 Å². The third kappa shape index (κ3) is 5.36. The fourth-order valence-electron chi connectivity index (χ4n) is 2.58. The number of hydrogen-bond donors (Lipinski definition) is 1. The summed E-state index contributed by atoms with van der Waals surface area (Å²) in [5.41, 5.74) is 0.417. The van der Waals surface area contributed by atoms with E-state index < -0.39 is 4.92 Å². The Kier molecular flexibility index (Phi) is 6.89. The molecule has 0 aliphatic heterocycles. The van der Waals surface area contributed by atoms with E-state index in [9.17, 15) is 14.9 Å². The fourth-order valence-corrected chi connectivity index (χ4v) is 4.36. The van der Waals surface area contributed by atoms with Gasteiger partial charge in [0, 0.05) is 17.4 Å². The molecule has 3 aromatic rings. The van der Waals surface area contributed by atoms with Crippen LogP contribution in [-0.2, 0) is 4.79 Å². The van der Waals surface area contributed by atoms with Gasteiger partial charge in [-0.2, -0.15) is 0 Å². The van der Waals surface area contributed by atoms with Gasteiger partial charge >= 0.3 is 0 Å². The zero-order chi connectivity index (χ0) is 20.8. The lowest BCUT2D eigenvalue weighted by Gasteiger charge is -2.04. The average molecular weight is 434 g/mol. The number of ether oxygens (including phenoxy) is 2. The van der Waals surface area contributed by atoms with E-state index in [0.29, 0.717) is 33.9 Å². The number of nitro benzene ring substituents is 1. The fraction of sp³-hybridized carbons (Fsp3) is 0.263. The minimum absolute atomic E-state index is 0.0774. The van der Waals surface area contributed by atoms with Gasteiger partial charge in [-0.05, 0) is 36.4 Å². The van der Waals surface area contributed by atoms with E-state index >= 15 is 0 Å². The number of aromatic nitrogens is 1. The number of nitrogens with zero attached hydrogens (tertiary/aromatic N) is 2. The summed E-state index contributed by atoms with van der Waals surface area (Å²) >= 11 is 2.85. The van der Waals surface area contributed by atoms with Crippen molar-refractivity contribution in [2.24, 2.45) is 0 Å². The molecule has 29 heavy (non-hydrogen) atoms. The molecule has 2 aromatic carbocycles. The molecule has 1 aromatic heterocycles. The molecule has 152 valence electrons. The number of rotatable bonds is 9. The van der Waals surface area contributed by atoms with E-state index in [1.54, 1.807) is 18.9 Å². The van der Waals surface area contributed by atoms with Crippen LogP contribution < -0.4 is 14.8 Å². The van der Waals surface area contributed by atoms with Crippen LogP contribution in [0.25, 0.3) is 10.2 Å². The maximum absolute atomic E-state index is 12.2. The van der Waals surface area contributed by atoms with Crippen LogP contribution in [0.15, 0.2) is 41.3 Å². The molecule has 0 radical (unpaired) electrons. The second kappa shape index (κ2) is 9.57. The van der Waals surface area contributed by atoms with Gasteiger partial charge in [0.1, 0.15) is 11.3 Å². The molecular weight excluding hydrogens is 414 g/mol. The maximum Gasteiger partial charge on any atom is 0.274 e. The highest BCUT2D eigenvalue weighted by molar-refractivity contribution is 7.99. The van der Waals surface area contributed by atoms with Crippen molar-refractivity contribution in [3.63, 3.8) is 0 Å². The number of carbonyl (C=O) groups is 1. The molecule has 0 saturated carbocycles. The Morgan fingerprint density at radius 1 is 1.24 bits per heavy atom. The topological polar surface area (TPSA) is 104 Å². The number of methoxy groups -OCH3 is 2. The molecule has 0 aliphatic carbocycles. The predicted octanol–water partition coefficient (Wildman–Crippen LogP) is 4.73. The van der Waals surface area contributed by atoms with Crippen molar-refractivity contribution in [3.8, 4) is 11.5 Å². The molecule has 1 heterocycles. The van der Waals surface area contributed by atoms with Crippen LogP contribution in [0.2, 0.25) is 0 Å². The predicted molar refractivity (Wildman–Crippen MR) is 114 cm³/mol. The number of hydrogen-bond acceptors (Lipinski definition) is 8. The van der Waals surface area contributed by atoms with Gasteiger partial charge in [-0.1, -0.05) is 11.3 Å². The largest absolute Gasteiger partial charge is 0.497 e. The first kappa shape index (κ1) is 20.9.